The Labute approximate surface area is 280 Å². The van der Waals surface area contributed by atoms with Crippen molar-refractivity contribution in [1.82, 2.24) is 38.6 Å². The molecule has 0 unspecified atom stereocenters. The lowest BCUT2D eigenvalue weighted by atomic mass is 10.2. The summed E-state index contributed by atoms with van der Waals surface area (Å²) in [5, 5.41) is 2.36. The van der Waals surface area contributed by atoms with E-state index in [1.54, 1.807) is 12.4 Å². The molecule has 0 atom stereocenters. The Morgan fingerprint density at radius 1 is 0.367 bits per heavy atom. The molecule has 230 valence electrons. The van der Waals surface area contributed by atoms with Crippen molar-refractivity contribution in [2.75, 3.05) is 0 Å². The van der Waals surface area contributed by atoms with E-state index >= 15 is 0 Å². The maximum atomic E-state index is 5.37. The minimum absolute atomic E-state index is 0.685. The van der Waals surface area contributed by atoms with Gasteiger partial charge in [-0.1, -0.05) is 72.8 Å². The number of para-hydroxylation sites is 4. The van der Waals surface area contributed by atoms with Gasteiger partial charge in [-0.3, -0.25) is 9.13 Å². The molecule has 0 saturated carbocycles. The van der Waals surface area contributed by atoms with E-state index in [9.17, 15) is 0 Å². The van der Waals surface area contributed by atoms with Crippen molar-refractivity contribution in [3.63, 3.8) is 0 Å². The van der Waals surface area contributed by atoms with Crippen LogP contribution >= 0.6 is 0 Å². The molecule has 0 amide bonds. The Morgan fingerprint density at radius 3 is 1.31 bits per heavy atom. The van der Waals surface area contributed by atoms with Gasteiger partial charge < -0.3 is 4.57 Å². The van der Waals surface area contributed by atoms with E-state index in [4.69, 9.17) is 24.9 Å². The van der Waals surface area contributed by atoms with Crippen LogP contribution in [0.2, 0.25) is 0 Å². The third-order valence-electron chi connectivity index (χ3n) is 8.97. The van der Waals surface area contributed by atoms with Gasteiger partial charge in [0.1, 0.15) is 22.4 Å². The van der Waals surface area contributed by atoms with Crippen molar-refractivity contribution in [1.29, 1.82) is 0 Å². The molecule has 0 saturated heterocycles. The molecular formula is C41H26N8. The first-order valence-corrected chi connectivity index (χ1v) is 16.1. The van der Waals surface area contributed by atoms with Gasteiger partial charge in [-0.25, -0.2) is 24.9 Å². The molecule has 0 aliphatic carbocycles. The zero-order valence-corrected chi connectivity index (χ0v) is 26.1. The maximum absolute atomic E-state index is 5.37. The van der Waals surface area contributed by atoms with Gasteiger partial charge in [0, 0.05) is 34.5 Å². The van der Waals surface area contributed by atoms with E-state index in [-0.39, 0.29) is 0 Å². The second-order valence-electron chi connectivity index (χ2n) is 11.9. The van der Waals surface area contributed by atoms with Gasteiger partial charge in [0.05, 0.1) is 16.7 Å². The van der Waals surface area contributed by atoms with Crippen LogP contribution in [0.15, 0.2) is 158 Å². The number of imidazole rings is 2. The standard InChI is InChI=1S/C41H26N8/c1-3-13-27(14-4-1)48-38-32(19-11-23-42-38)45-40(48)34-25-29(47-36-21-9-7-17-30(36)31-18-8-10-22-37(31)47)26-35(44-34)41-46-33-20-12-24-43-39(33)49(41)28-15-5-2-6-16-28/h1-26H. The van der Waals surface area contributed by atoms with Crippen LogP contribution in [-0.4, -0.2) is 38.6 Å². The molecule has 10 rings (SSSR count). The van der Waals surface area contributed by atoms with Crippen LogP contribution in [0.4, 0.5) is 0 Å². The van der Waals surface area contributed by atoms with Gasteiger partial charge in [0.2, 0.25) is 0 Å². The predicted molar refractivity (Wildman–Crippen MR) is 194 cm³/mol. The highest BCUT2D eigenvalue weighted by molar-refractivity contribution is 6.09. The number of hydrogen-bond acceptors (Lipinski definition) is 5. The van der Waals surface area contributed by atoms with Gasteiger partial charge in [-0.05, 0) is 72.8 Å². The first-order valence-electron chi connectivity index (χ1n) is 16.1. The molecule has 8 heteroatoms. The molecule has 0 N–H and O–H groups in total. The minimum atomic E-state index is 0.685. The molecule has 6 heterocycles. The van der Waals surface area contributed by atoms with Crippen molar-refractivity contribution in [2.24, 2.45) is 0 Å². The van der Waals surface area contributed by atoms with Crippen LogP contribution in [0.5, 0.6) is 0 Å². The van der Waals surface area contributed by atoms with Crippen LogP contribution in [0.3, 0.4) is 0 Å². The molecule has 0 aliphatic heterocycles. The Balaban J connectivity index is 1.33. The topological polar surface area (TPSA) is 79.2 Å². The molecule has 10 aromatic rings. The smallest absolute Gasteiger partial charge is 0.165 e. The fourth-order valence-electron chi connectivity index (χ4n) is 6.89. The summed E-state index contributed by atoms with van der Waals surface area (Å²) in [6.07, 6.45) is 3.60. The summed E-state index contributed by atoms with van der Waals surface area (Å²) in [6.45, 7) is 0. The molecule has 8 nitrogen and oxygen atoms in total. The third kappa shape index (κ3) is 4.28. The average Bonchev–Trinajstić information content (AvgIpc) is 3.86. The fourth-order valence-corrected chi connectivity index (χ4v) is 6.89. The zero-order chi connectivity index (χ0) is 32.3. The lowest BCUT2D eigenvalue weighted by Crippen LogP contribution is -2.05. The van der Waals surface area contributed by atoms with Crippen LogP contribution in [0, 0.1) is 0 Å². The number of pyridine rings is 3. The Morgan fingerprint density at radius 2 is 0.816 bits per heavy atom. The molecule has 0 aliphatic rings. The molecule has 4 aromatic carbocycles. The second-order valence-corrected chi connectivity index (χ2v) is 11.9. The van der Waals surface area contributed by atoms with E-state index in [2.05, 4.69) is 98.6 Å². The third-order valence-corrected chi connectivity index (χ3v) is 8.97. The Hall–Kier alpha value is -6.93. The highest BCUT2D eigenvalue weighted by Crippen LogP contribution is 2.36. The van der Waals surface area contributed by atoms with Gasteiger partial charge in [0.25, 0.3) is 0 Å². The van der Waals surface area contributed by atoms with Gasteiger partial charge >= 0.3 is 0 Å². The lowest BCUT2D eigenvalue weighted by Gasteiger charge is -2.15. The fraction of sp³-hybridized carbons (Fsp3) is 0. The summed E-state index contributed by atoms with van der Waals surface area (Å²) in [5.74, 6) is 1.37. The van der Waals surface area contributed by atoms with Gasteiger partial charge in [0.15, 0.2) is 22.9 Å². The van der Waals surface area contributed by atoms with Crippen LogP contribution in [-0.2, 0) is 0 Å². The number of nitrogens with zero attached hydrogens (tertiary/aromatic N) is 8. The highest BCUT2D eigenvalue weighted by Gasteiger charge is 2.23. The minimum Gasteiger partial charge on any atom is -0.309 e. The summed E-state index contributed by atoms with van der Waals surface area (Å²) < 4.78 is 6.47. The van der Waals surface area contributed by atoms with Gasteiger partial charge in [-0.15, -0.1) is 0 Å². The van der Waals surface area contributed by atoms with Gasteiger partial charge in [-0.2, -0.15) is 0 Å². The largest absolute Gasteiger partial charge is 0.309 e. The SMILES string of the molecule is c1ccc(-n2c(-c3cc(-n4c5ccccc5c5ccccc54)cc(-c4nc5cccnc5n4-c4ccccc4)n3)nc3cccnc32)cc1. The predicted octanol–water partition coefficient (Wildman–Crippen LogP) is 8.98. The normalized spacial score (nSPS) is 11.7. The molecule has 0 bridgehead atoms. The summed E-state index contributed by atoms with van der Waals surface area (Å²) in [5.41, 5.74) is 9.51. The first-order chi connectivity index (χ1) is 24.3. The van der Waals surface area contributed by atoms with Crippen molar-refractivity contribution < 1.29 is 0 Å². The zero-order valence-electron chi connectivity index (χ0n) is 26.1. The summed E-state index contributed by atoms with van der Waals surface area (Å²) in [6, 6.07) is 49.5. The molecular weight excluding hydrogens is 605 g/mol. The summed E-state index contributed by atoms with van der Waals surface area (Å²) in [7, 11) is 0. The first kappa shape index (κ1) is 27.2. The summed E-state index contributed by atoms with van der Waals surface area (Å²) >= 11 is 0. The monoisotopic (exact) mass is 630 g/mol. The van der Waals surface area contributed by atoms with E-state index in [0.29, 0.717) is 23.0 Å². The molecule has 49 heavy (non-hydrogen) atoms. The van der Waals surface area contributed by atoms with E-state index in [1.165, 1.54) is 10.8 Å². The second kappa shape index (κ2) is 10.8. The summed E-state index contributed by atoms with van der Waals surface area (Å²) in [4.78, 5) is 25.2. The van der Waals surface area contributed by atoms with E-state index < -0.39 is 0 Å². The van der Waals surface area contributed by atoms with Crippen LogP contribution in [0.1, 0.15) is 0 Å². The Kier molecular flexibility index (Phi) is 6.01. The van der Waals surface area contributed by atoms with Crippen LogP contribution in [0.25, 0.3) is 84.2 Å². The Bertz CT molecular complexity index is 2640. The quantitative estimate of drug-likeness (QED) is 0.190. The molecule has 0 fully saturated rings. The van der Waals surface area contributed by atoms with Crippen LogP contribution < -0.4 is 0 Å². The van der Waals surface area contributed by atoms with Crippen molar-refractivity contribution in [3.8, 4) is 40.1 Å². The number of rotatable bonds is 5. The number of hydrogen-bond donors (Lipinski definition) is 0. The van der Waals surface area contributed by atoms with Crippen molar-refractivity contribution in [2.45, 2.75) is 0 Å². The number of fused-ring (bicyclic) bond motifs is 5. The number of benzene rings is 4. The van der Waals surface area contributed by atoms with Crippen molar-refractivity contribution in [3.05, 3.63) is 158 Å². The van der Waals surface area contributed by atoms with E-state index in [0.717, 1.165) is 50.4 Å². The number of aromatic nitrogens is 8. The molecule has 0 spiro atoms. The lowest BCUT2D eigenvalue weighted by molar-refractivity contribution is 1.03. The molecule has 6 aromatic heterocycles. The average molecular weight is 631 g/mol. The highest BCUT2D eigenvalue weighted by atomic mass is 15.2. The maximum Gasteiger partial charge on any atom is 0.165 e. The van der Waals surface area contributed by atoms with Crippen molar-refractivity contribution >= 4 is 44.1 Å². The van der Waals surface area contributed by atoms with E-state index in [1.807, 2.05) is 60.7 Å². The molecule has 0 radical (unpaired) electrons.